The third kappa shape index (κ3) is 3.07. The number of aliphatic carboxylic acids is 1. The maximum absolute atomic E-state index is 11.8. The second-order valence-electron chi connectivity index (χ2n) is 6.94. The molecule has 0 unspecified atom stereocenters. The number of halogens is 2. The minimum absolute atomic E-state index is 0.0936. The summed E-state index contributed by atoms with van der Waals surface area (Å²) in [4.78, 5) is 22.6. The standard InChI is InChI=1S/C15H22Cl2O4/c1-13(2,3)15(12(19)20)9(14(15,4)5)6-7-11(18)21-8-10(16)17/h6-7,9-10H,8H2,1-5H3,(H,19,20)/t9-,15+/m0/s1. The van der Waals surface area contributed by atoms with E-state index in [0.29, 0.717) is 0 Å². The van der Waals surface area contributed by atoms with Gasteiger partial charge in [-0.15, -0.1) is 23.2 Å². The van der Waals surface area contributed by atoms with Crippen LogP contribution in [0, 0.1) is 22.2 Å². The van der Waals surface area contributed by atoms with Gasteiger partial charge in [-0.25, -0.2) is 4.79 Å². The van der Waals surface area contributed by atoms with E-state index < -0.39 is 33.0 Å². The van der Waals surface area contributed by atoms with Gasteiger partial charge in [-0.2, -0.15) is 0 Å². The van der Waals surface area contributed by atoms with Crippen molar-refractivity contribution in [2.24, 2.45) is 22.2 Å². The van der Waals surface area contributed by atoms with Crippen LogP contribution in [0.15, 0.2) is 12.2 Å². The molecule has 0 aromatic carbocycles. The van der Waals surface area contributed by atoms with E-state index in [1.165, 1.54) is 6.08 Å². The first-order chi connectivity index (χ1) is 9.39. The summed E-state index contributed by atoms with van der Waals surface area (Å²) in [5.41, 5.74) is -1.77. The predicted molar refractivity (Wildman–Crippen MR) is 82.4 cm³/mol. The Balaban J connectivity index is 2.90. The van der Waals surface area contributed by atoms with Crippen molar-refractivity contribution >= 4 is 35.1 Å². The number of carboxylic acids is 1. The highest BCUT2D eigenvalue weighted by Gasteiger charge is 2.79. The van der Waals surface area contributed by atoms with Gasteiger partial charge >= 0.3 is 11.9 Å². The van der Waals surface area contributed by atoms with Crippen molar-refractivity contribution in [1.82, 2.24) is 0 Å². The zero-order valence-electron chi connectivity index (χ0n) is 12.9. The van der Waals surface area contributed by atoms with Crippen LogP contribution in [-0.2, 0) is 14.3 Å². The number of alkyl halides is 2. The Morgan fingerprint density at radius 1 is 1.33 bits per heavy atom. The molecule has 1 rings (SSSR count). The molecule has 6 heteroatoms. The second-order valence-corrected chi connectivity index (χ2v) is 8.22. The molecule has 1 aliphatic carbocycles. The summed E-state index contributed by atoms with van der Waals surface area (Å²) in [5, 5.41) is 9.70. The molecule has 2 atom stereocenters. The van der Waals surface area contributed by atoms with Crippen LogP contribution >= 0.6 is 23.2 Å². The molecule has 0 radical (unpaired) electrons. The van der Waals surface area contributed by atoms with E-state index in [0.717, 1.165) is 0 Å². The third-order valence-corrected chi connectivity index (χ3v) is 4.73. The smallest absolute Gasteiger partial charge is 0.330 e. The van der Waals surface area contributed by atoms with Crippen LogP contribution in [0.3, 0.4) is 0 Å². The van der Waals surface area contributed by atoms with E-state index in [2.05, 4.69) is 0 Å². The Morgan fingerprint density at radius 3 is 2.19 bits per heavy atom. The van der Waals surface area contributed by atoms with Gasteiger partial charge in [0.15, 0.2) is 0 Å². The number of ether oxygens (including phenoxy) is 1. The largest absolute Gasteiger partial charge is 0.481 e. The molecule has 120 valence electrons. The first-order valence-corrected chi connectivity index (χ1v) is 7.62. The number of carbonyl (C=O) groups excluding carboxylic acids is 1. The van der Waals surface area contributed by atoms with E-state index in [9.17, 15) is 14.7 Å². The lowest BCUT2D eigenvalue weighted by Gasteiger charge is -2.30. The van der Waals surface area contributed by atoms with Crippen molar-refractivity contribution in [2.45, 2.75) is 39.5 Å². The molecule has 21 heavy (non-hydrogen) atoms. The van der Waals surface area contributed by atoms with Crippen LogP contribution in [0.2, 0.25) is 0 Å². The number of allylic oxidation sites excluding steroid dienone is 1. The van der Waals surface area contributed by atoms with Crippen molar-refractivity contribution in [3.63, 3.8) is 0 Å². The number of esters is 1. The van der Waals surface area contributed by atoms with Gasteiger partial charge in [0.1, 0.15) is 11.4 Å². The van der Waals surface area contributed by atoms with Gasteiger partial charge in [-0.3, -0.25) is 4.79 Å². The molecule has 1 saturated carbocycles. The SMILES string of the molecule is CC(C)(C)[C@]1(C(=O)O)[C@@H](C=CC(=O)OCC(Cl)Cl)C1(C)C. The maximum atomic E-state index is 11.8. The molecule has 0 spiro atoms. The van der Waals surface area contributed by atoms with Crippen molar-refractivity contribution in [3.8, 4) is 0 Å². The zero-order valence-corrected chi connectivity index (χ0v) is 14.5. The second kappa shape index (κ2) is 5.81. The molecule has 0 aromatic rings. The highest BCUT2D eigenvalue weighted by molar-refractivity contribution is 6.44. The summed E-state index contributed by atoms with van der Waals surface area (Å²) in [6.45, 7) is 9.42. The summed E-state index contributed by atoms with van der Waals surface area (Å²) in [6, 6.07) is 0. The summed E-state index contributed by atoms with van der Waals surface area (Å²) in [5.74, 6) is -1.65. The van der Waals surface area contributed by atoms with Gasteiger partial charge in [0, 0.05) is 12.0 Å². The average molecular weight is 337 g/mol. The van der Waals surface area contributed by atoms with Crippen molar-refractivity contribution in [3.05, 3.63) is 12.2 Å². The molecule has 0 aliphatic heterocycles. The highest BCUT2D eigenvalue weighted by atomic mass is 35.5. The van der Waals surface area contributed by atoms with Crippen molar-refractivity contribution in [2.75, 3.05) is 6.61 Å². The number of hydrogen-bond acceptors (Lipinski definition) is 3. The number of hydrogen-bond donors (Lipinski definition) is 1. The molecule has 1 aliphatic rings. The highest BCUT2D eigenvalue weighted by Crippen LogP contribution is 2.76. The van der Waals surface area contributed by atoms with Gasteiger partial charge < -0.3 is 9.84 Å². The van der Waals surface area contributed by atoms with Crippen LogP contribution in [0.25, 0.3) is 0 Å². The number of carboxylic acid groups (broad SMARTS) is 1. The van der Waals surface area contributed by atoms with Gasteiger partial charge in [-0.05, 0) is 10.8 Å². The van der Waals surface area contributed by atoms with Crippen LogP contribution in [0.1, 0.15) is 34.6 Å². The predicted octanol–water partition coefficient (Wildman–Crippen LogP) is 3.66. The van der Waals surface area contributed by atoms with Crippen molar-refractivity contribution in [1.29, 1.82) is 0 Å². The average Bonchev–Trinajstić information content (AvgIpc) is 2.80. The molecule has 0 aromatic heterocycles. The normalized spacial score (nSPS) is 27.9. The molecule has 0 bridgehead atoms. The van der Waals surface area contributed by atoms with Crippen LogP contribution in [0.5, 0.6) is 0 Å². The quantitative estimate of drug-likeness (QED) is 0.472. The minimum atomic E-state index is -0.904. The van der Waals surface area contributed by atoms with Gasteiger partial charge in [0.25, 0.3) is 0 Å². The molecular weight excluding hydrogens is 315 g/mol. The van der Waals surface area contributed by atoms with E-state index >= 15 is 0 Å². The Kier molecular flexibility index (Phi) is 5.06. The Bertz CT molecular complexity index is 463. The fourth-order valence-electron chi connectivity index (χ4n) is 3.72. The molecule has 0 amide bonds. The Morgan fingerprint density at radius 2 is 1.86 bits per heavy atom. The Labute approximate surface area is 135 Å². The topological polar surface area (TPSA) is 63.6 Å². The number of rotatable bonds is 5. The zero-order chi connectivity index (χ0) is 16.6. The minimum Gasteiger partial charge on any atom is -0.481 e. The van der Waals surface area contributed by atoms with Crippen LogP contribution in [0.4, 0.5) is 0 Å². The van der Waals surface area contributed by atoms with Crippen LogP contribution < -0.4 is 0 Å². The molecule has 1 N–H and O–H groups in total. The molecule has 4 nitrogen and oxygen atoms in total. The lowest BCUT2D eigenvalue weighted by Crippen LogP contribution is -2.35. The lowest BCUT2D eigenvalue weighted by molar-refractivity contribution is -0.150. The monoisotopic (exact) mass is 336 g/mol. The first-order valence-electron chi connectivity index (χ1n) is 6.75. The van der Waals surface area contributed by atoms with E-state index in [1.54, 1.807) is 6.08 Å². The van der Waals surface area contributed by atoms with E-state index in [1.807, 2.05) is 34.6 Å². The fraction of sp³-hybridized carbons (Fsp3) is 0.733. The molecular formula is C15H22Cl2O4. The van der Waals surface area contributed by atoms with Gasteiger partial charge in [-0.1, -0.05) is 40.7 Å². The molecule has 0 heterocycles. The van der Waals surface area contributed by atoms with E-state index in [4.69, 9.17) is 27.9 Å². The molecule has 1 fully saturated rings. The summed E-state index contributed by atoms with van der Waals surface area (Å²) in [6.07, 6.45) is 2.89. The number of carbonyl (C=O) groups is 2. The third-order valence-electron chi connectivity index (χ3n) is 4.47. The maximum Gasteiger partial charge on any atom is 0.330 e. The fourth-order valence-corrected chi connectivity index (χ4v) is 3.84. The van der Waals surface area contributed by atoms with Gasteiger partial charge in [0.2, 0.25) is 0 Å². The van der Waals surface area contributed by atoms with Crippen LogP contribution in [-0.4, -0.2) is 28.5 Å². The summed E-state index contributed by atoms with van der Waals surface area (Å²) >= 11 is 11.0. The van der Waals surface area contributed by atoms with Crippen molar-refractivity contribution < 1.29 is 19.4 Å². The Hall–Kier alpha value is -0.740. The van der Waals surface area contributed by atoms with E-state index in [-0.39, 0.29) is 12.5 Å². The summed E-state index contributed by atoms with van der Waals surface area (Å²) < 4.78 is 4.83. The summed E-state index contributed by atoms with van der Waals surface area (Å²) in [7, 11) is 0. The lowest BCUT2D eigenvalue weighted by atomic mass is 9.72. The molecule has 0 saturated heterocycles. The first kappa shape index (κ1) is 18.3. The van der Waals surface area contributed by atoms with Gasteiger partial charge in [0.05, 0.1) is 5.41 Å².